The molecule has 1 aromatic carbocycles. The first-order valence-electron chi connectivity index (χ1n) is 6.06. The molecule has 1 saturated carbocycles. The van der Waals surface area contributed by atoms with E-state index >= 15 is 0 Å². The van der Waals surface area contributed by atoms with E-state index in [0.717, 1.165) is 0 Å². The van der Waals surface area contributed by atoms with Gasteiger partial charge in [0.05, 0.1) is 5.41 Å². The fraction of sp³-hybridized carbons (Fsp3) is 0.500. The van der Waals surface area contributed by atoms with Gasteiger partial charge in [-0.2, -0.15) is 0 Å². The number of carboxylic acids is 1. The number of hydrogen-bond acceptors (Lipinski definition) is 1. The average molecular weight is 287 g/mol. The van der Waals surface area contributed by atoms with Gasteiger partial charge in [-0.05, 0) is 42.4 Å². The number of halogens is 2. The summed E-state index contributed by atoms with van der Waals surface area (Å²) in [6, 6.07) is 5.07. The number of rotatable bonds is 3. The van der Waals surface area contributed by atoms with Crippen molar-refractivity contribution < 1.29 is 9.90 Å². The van der Waals surface area contributed by atoms with Gasteiger partial charge in [0.15, 0.2) is 0 Å². The molecule has 0 atom stereocenters. The highest BCUT2D eigenvalue weighted by Crippen LogP contribution is 2.52. The fourth-order valence-electron chi connectivity index (χ4n) is 2.69. The van der Waals surface area contributed by atoms with Gasteiger partial charge in [0, 0.05) is 10.0 Å². The molecule has 98 valence electrons. The maximum Gasteiger partial charge on any atom is 0.314 e. The Morgan fingerprint density at radius 2 is 2.00 bits per heavy atom. The molecule has 0 spiro atoms. The van der Waals surface area contributed by atoms with E-state index in [9.17, 15) is 9.90 Å². The molecule has 0 aliphatic heterocycles. The zero-order valence-electron chi connectivity index (χ0n) is 10.4. The van der Waals surface area contributed by atoms with Crippen molar-refractivity contribution in [1.82, 2.24) is 0 Å². The lowest BCUT2D eigenvalue weighted by molar-refractivity contribution is -0.150. The van der Waals surface area contributed by atoms with Crippen LogP contribution in [0.25, 0.3) is 0 Å². The summed E-state index contributed by atoms with van der Waals surface area (Å²) in [6.45, 7) is 4.25. The van der Waals surface area contributed by atoms with Crippen LogP contribution >= 0.6 is 23.2 Å². The second-order valence-electron chi connectivity index (χ2n) is 5.42. The zero-order chi connectivity index (χ0) is 13.5. The van der Waals surface area contributed by atoms with Crippen LogP contribution in [-0.2, 0) is 10.2 Å². The van der Waals surface area contributed by atoms with E-state index in [0.29, 0.717) is 40.3 Å². The third kappa shape index (κ3) is 2.12. The highest BCUT2D eigenvalue weighted by atomic mass is 35.5. The summed E-state index contributed by atoms with van der Waals surface area (Å²) in [7, 11) is 0. The molecule has 0 bridgehead atoms. The lowest BCUT2D eigenvalue weighted by Gasteiger charge is -2.47. The normalized spacial score (nSPS) is 27.1. The van der Waals surface area contributed by atoms with E-state index in [4.69, 9.17) is 23.2 Å². The molecule has 2 nitrogen and oxygen atoms in total. The van der Waals surface area contributed by atoms with E-state index in [-0.39, 0.29) is 0 Å². The van der Waals surface area contributed by atoms with Gasteiger partial charge in [0.1, 0.15) is 0 Å². The third-order valence-electron chi connectivity index (χ3n) is 4.02. The van der Waals surface area contributed by atoms with Gasteiger partial charge in [-0.3, -0.25) is 4.79 Å². The Labute approximate surface area is 117 Å². The van der Waals surface area contributed by atoms with E-state index in [1.165, 1.54) is 0 Å². The third-order valence-corrected chi connectivity index (χ3v) is 4.57. The number of carbonyl (C=O) groups is 1. The van der Waals surface area contributed by atoms with Crippen LogP contribution in [0.2, 0.25) is 10.0 Å². The summed E-state index contributed by atoms with van der Waals surface area (Å²) in [6.07, 6.45) is 1.31. The lowest BCUT2D eigenvalue weighted by Crippen LogP contribution is -2.49. The highest BCUT2D eigenvalue weighted by Gasteiger charge is 2.53. The van der Waals surface area contributed by atoms with Crippen LogP contribution < -0.4 is 0 Å². The number of benzene rings is 1. The molecule has 2 rings (SSSR count). The van der Waals surface area contributed by atoms with Gasteiger partial charge < -0.3 is 5.11 Å². The van der Waals surface area contributed by atoms with Gasteiger partial charge in [0.25, 0.3) is 0 Å². The summed E-state index contributed by atoms with van der Waals surface area (Å²) in [5.41, 5.74) is -0.130. The maximum atomic E-state index is 11.6. The molecular weight excluding hydrogens is 271 g/mol. The Balaban J connectivity index is 2.36. The molecule has 1 fully saturated rings. The Morgan fingerprint density at radius 3 is 2.44 bits per heavy atom. The molecule has 1 aliphatic rings. The number of carboxylic acid groups (broad SMARTS) is 1. The monoisotopic (exact) mass is 286 g/mol. The zero-order valence-corrected chi connectivity index (χ0v) is 11.9. The molecule has 0 aromatic heterocycles. The second-order valence-corrected chi connectivity index (χ2v) is 6.27. The van der Waals surface area contributed by atoms with Crippen LogP contribution in [0.1, 0.15) is 32.3 Å². The molecule has 4 heteroatoms. The molecule has 1 aromatic rings. The smallest absolute Gasteiger partial charge is 0.314 e. The van der Waals surface area contributed by atoms with Crippen LogP contribution in [0.4, 0.5) is 0 Å². The maximum absolute atomic E-state index is 11.6. The SMILES string of the molecule is CC(C)C1CC(C(=O)O)(c2ccc(Cl)cc2Cl)C1. The molecule has 1 aliphatic carbocycles. The topological polar surface area (TPSA) is 37.3 Å². The number of aliphatic carboxylic acids is 1. The summed E-state index contributed by atoms with van der Waals surface area (Å²) < 4.78 is 0. The lowest BCUT2D eigenvalue weighted by atomic mass is 9.56. The Hall–Kier alpha value is -0.730. The molecule has 0 heterocycles. The van der Waals surface area contributed by atoms with Crippen molar-refractivity contribution in [2.45, 2.75) is 32.1 Å². The van der Waals surface area contributed by atoms with Crippen LogP contribution in [0.5, 0.6) is 0 Å². The van der Waals surface area contributed by atoms with Crippen LogP contribution in [-0.4, -0.2) is 11.1 Å². The Kier molecular flexibility index (Phi) is 3.61. The van der Waals surface area contributed by atoms with E-state index in [2.05, 4.69) is 13.8 Å². The van der Waals surface area contributed by atoms with Crippen molar-refractivity contribution in [3.05, 3.63) is 33.8 Å². The van der Waals surface area contributed by atoms with Gasteiger partial charge in [0.2, 0.25) is 0 Å². The molecular formula is C14H16Cl2O2. The minimum atomic E-state index is -0.823. The molecule has 0 amide bonds. The van der Waals surface area contributed by atoms with Crippen molar-refractivity contribution >= 4 is 29.2 Å². The van der Waals surface area contributed by atoms with Crippen molar-refractivity contribution in [3.63, 3.8) is 0 Å². The van der Waals surface area contributed by atoms with Crippen LogP contribution in [0.3, 0.4) is 0 Å². The van der Waals surface area contributed by atoms with Crippen molar-refractivity contribution in [2.75, 3.05) is 0 Å². The first kappa shape index (κ1) is 13.7. The predicted octanol–water partition coefficient (Wildman–Crippen LogP) is 4.38. The van der Waals surface area contributed by atoms with Gasteiger partial charge in [-0.15, -0.1) is 0 Å². The molecule has 0 saturated heterocycles. The summed E-state index contributed by atoms with van der Waals surface area (Å²) in [5, 5.41) is 10.5. The Morgan fingerprint density at radius 1 is 1.39 bits per heavy atom. The average Bonchev–Trinajstić information content (AvgIpc) is 2.18. The highest BCUT2D eigenvalue weighted by molar-refractivity contribution is 6.35. The first-order valence-corrected chi connectivity index (χ1v) is 6.81. The van der Waals surface area contributed by atoms with Gasteiger partial charge in [-0.1, -0.05) is 43.1 Å². The minimum absolute atomic E-state index is 0.451. The molecule has 18 heavy (non-hydrogen) atoms. The second kappa shape index (κ2) is 4.75. The van der Waals surface area contributed by atoms with Gasteiger partial charge >= 0.3 is 5.97 Å². The van der Waals surface area contributed by atoms with Crippen LogP contribution in [0, 0.1) is 11.8 Å². The first-order chi connectivity index (χ1) is 8.36. The predicted molar refractivity (Wildman–Crippen MR) is 73.3 cm³/mol. The van der Waals surface area contributed by atoms with E-state index < -0.39 is 11.4 Å². The molecule has 0 radical (unpaired) electrons. The standard InChI is InChI=1S/C14H16Cl2O2/c1-8(2)9-6-14(7-9,13(17)18)11-4-3-10(15)5-12(11)16/h3-5,8-9H,6-7H2,1-2H3,(H,17,18). The minimum Gasteiger partial charge on any atom is -0.481 e. The van der Waals surface area contributed by atoms with Gasteiger partial charge in [-0.25, -0.2) is 0 Å². The summed E-state index contributed by atoms with van der Waals surface area (Å²) >= 11 is 12.0. The van der Waals surface area contributed by atoms with E-state index in [1.807, 2.05) is 0 Å². The largest absolute Gasteiger partial charge is 0.481 e. The quantitative estimate of drug-likeness (QED) is 0.895. The Bertz CT molecular complexity index is 477. The summed E-state index contributed by atoms with van der Waals surface area (Å²) in [4.78, 5) is 11.6. The molecule has 0 unspecified atom stereocenters. The fourth-order valence-corrected chi connectivity index (χ4v) is 3.28. The summed E-state index contributed by atoms with van der Waals surface area (Å²) in [5.74, 6) is 0.167. The van der Waals surface area contributed by atoms with Crippen molar-refractivity contribution in [1.29, 1.82) is 0 Å². The van der Waals surface area contributed by atoms with Crippen LogP contribution in [0.15, 0.2) is 18.2 Å². The molecule has 1 N–H and O–H groups in total. The van der Waals surface area contributed by atoms with Crippen molar-refractivity contribution in [3.8, 4) is 0 Å². The van der Waals surface area contributed by atoms with E-state index in [1.54, 1.807) is 18.2 Å². The van der Waals surface area contributed by atoms with Crippen molar-refractivity contribution in [2.24, 2.45) is 11.8 Å². The number of hydrogen-bond donors (Lipinski definition) is 1.